The topological polar surface area (TPSA) is 58.6 Å². The van der Waals surface area contributed by atoms with Crippen LogP contribution in [0.4, 0.5) is 13.2 Å². The third-order valence-electron chi connectivity index (χ3n) is 3.31. The number of benzene rings is 1. The van der Waals surface area contributed by atoms with E-state index in [1.54, 1.807) is 0 Å². The van der Waals surface area contributed by atoms with Crippen LogP contribution in [-0.4, -0.2) is 30.0 Å². The molecule has 2 atom stereocenters. The molecule has 124 valence electrons. The minimum Gasteiger partial charge on any atom is -0.406 e. The van der Waals surface area contributed by atoms with Gasteiger partial charge in [0.25, 0.3) is 0 Å². The summed E-state index contributed by atoms with van der Waals surface area (Å²) in [4.78, 5) is 11.7. The lowest BCUT2D eigenvalue weighted by atomic mass is 10.0. The number of amides is 1. The van der Waals surface area contributed by atoms with E-state index in [0.717, 1.165) is 12.5 Å². The maximum Gasteiger partial charge on any atom is 0.573 e. The van der Waals surface area contributed by atoms with Crippen LogP contribution in [0.5, 0.6) is 5.75 Å². The smallest absolute Gasteiger partial charge is 0.406 e. The van der Waals surface area contributed by atoms with E-state index in [-0.39, 0.29) is 30.5 Å². The highest BCUT2D eigenvalue weighted by Gasteiger charge is 2.31. The number of hydrogen-bond donors (Lipinski definition) is 2. The predicted molar refractivity (Wildman–Crippen MR) is 75.3 cm³/mol. The largest absolute Gasteiger partial charge is 0.573 e. The molecule has 22 heavy (non-hydrogen) atoms. The lowest BCUT2D eigenvalue weighted by molar-refractivity contribution is -0.274. The van der Waals surface area contributed by atoms with Crippen LogP contribution < -0.4 is 10.1 Å². The molecular formula is C15H20F3NO3. The normalized spacial score (nSPS) is 14.3. The highest BCUT2D eigenvalue weighted by atomic mass is 19.4. The summed E-state index contributed by atoms with van der Waals surface area (Å²) in [6.07, 6.45) is -4.70. The van der Waals surface area contributed by atoms with Gasteiger partial charge in [0.15, 0.2) is 0 Å². The Hall–Kier alpha value is -1.76. The van der Waals surface area contributed by atoms with Crippen LogP contribution in [0.1, 0.15) is 25.8 Å². The monoisotopic (exact) mass is 319 g/mol. The Balaban J connectivity index is 2.52. The molecule has 1 rings (SSSR count). The van der Waals surface area contributed by atoms with E-state index < -0.39 is 12.5 Å². The predicted octanol–water partition coefficient (Wildman–Crippen LogP) is 2.65. The molecule has 1 aromatic rings. The van der Waals surface area contributed by atoms with Gasteiger partial charge in [0, 0.05) is 6.54 Å². The molecule has 0 saturated heterocycles. The zero-order chi connectivity index (χ0) is 16.8. The highest BCUT2D eigenvalue weighted by Crippen LogP contribution is 2.23. The third kappa shape index (κ3) is 6.80. The van der Waals surface area contributed by atoms with E-state index in [0.29, 0.717) is 5.56 Å². The lowest BCUT2D eigenvalue weighted by Crippen LogP contribution is -2.36. The first-order valence-electron chi connectivity index (χ1n) is 7.00. The Kier molecular flexibility index (Phi) is 6.67. The number of hydrogen-bond acceptors (Lipinski definition) is 3. The van der Waals surface area contributed by atoms with Gasteiger partial charge in [0.2, 0.25) is 5.91 Å². The molecule has 0 aliphatic rings. The average molecular weight is 319 g/mol. The highest BCUT2D eigenvalue weighted by molar-refractivity contribution is 5.78. The van der Waals surface area contributed by atoms with E-state index >= 15 is 0 Å². The van der Waals surface area contributed by atoms with E-state index in [4.69, 9.17) is 0 Å². The van der Waals surface area contributed by atoms with Gasteiger partial charge in [-0.3, -0.25) is 4.79 Å². The third-order valence-corrected chi connectivity index (χ3v) is 3.31. The van der Waals surface area contributed by atoms with Gasteiger partial charge in [0.05, 0.1) is 12.5 Å². The van der Waals surface area contributed by atoms with Crippen molar-refractivity contribution < 1.29 is 27.8 Å². The minimum absolute atomic E-state index is 0.0591. The molecule has 1 amide bonds. The van der Waals surface area contributed by atoms with Crippen LogP contribution in [0, 0.1) is 5.92 Å². The Morgan fingerprint density at radius 2 is 2.09 bits per heavy atom. The fourth-order valence-corrected chi connectivity index (χ4v) is 1.79. The SMILES string of the molecule is CCC(C)C(O)CNC(=O)Cc1cccc(OC(F)(F)F)c1. The van der Waals surface area contributed by atoms with Crippen molar-refractivity contribution in [3.63, 3.8) is 0 Å². The molecule has 1 aromatic carbocycles. The minimum atomic E-state index is -4.76. The van der Waals surface area contributed by atoms with Gasteiger partial charge in [-0.25, -0.2) is 0 Å². The van der Waals surface area contributed by atoms with Gasteiger partial charge in [-0.05, 0) is 23.6 Å². The molecule has 0 saturated carbocycles. The summed E-state index contributed by atoms with van der Waals surface area (Å²) < 4.78 is 40.2. The van der Waals surface area contributed by atoms with Gasteiger partial charge in [0.1, 0.15) is 5.75 Å². The van der Waals surface area contributed by atoms with Crippen molar-refractivity contribution in [2.24, 2.45) is 5.92 Å². The summed E-state index contributed by atoms with van der Waals surface area (Å²) >= 11 is 0. The quantitative estimate of drug-likeness (QED) is 0.812. The van der Waals surface area contributed by atoms with Gasteiger partial charge < -0.3 is 15.2 Å². The second-order valence-electron chi connectivity index (χ2n) is 5.13. The fourth-order valence-electron chi connectivity index (χ4n) is 1.79. The Morgan fingerprint density at radius 1 is 1.41 bits per heavy atom. The summed E-state index contributed by atoms with van der Waals surface area (Å²) in [6, 6.07) is 5.26. The molecule has 2 unspecified atom stereocenters. The Morgan fingerprint density at radius 3 is 2.68 bits per heavy atom. The number of carbonyl (C=O) groups excluding carboxylic acids is 1. The summed E-state index contributed by atoms with van der Waals surface area (Å²) in [6.45, 7) is 3.92. The van der Waals surface area contributed by atoms with Crippen molar-refractivity contribution in [1.82, 2.24) is 5.32 Å². The Labute approximate surface area is 127 Å². The molecular weight excluding hydrogens is 299 g/mol. The summed E-state index contributed by atoms with van der Waals surface area (Å²) in [7, 11) is 0. The first kappa shape index (κ1) is 18.3. The van der Waals surface area contributed by atoms with Crippen LogP contribution in [0.15, 0.2) is 24.3 Å². The first-order valence-corrected chi connectivity index (χ1v) is 7.00. The van der Waals surface area contributed by atoms with Crippen molar-refractivity contribution in [3.05, 3.63) is 29.8 Å². The Bertz CT molecular complexity index is 491. The van der Waals surface area contributed by atoms with Crippen molar-refractivity contribution in [1.29, 1.82) is 0 Å². The van der Waals surface area contributed by atoms with Gasteiger partial charge in [-0.2, -0.15) is 0 Å². The maximum absolute atomic E-state index is 12.1. The number of ether oxygens (including phenoxy) is 1. The van der Waals surface area contributed by atoms with Crippen molar-refractivity contribution in [2.45, 2.75) is 39.2 Å². The molecule has 0 spiro atoms. The molecule has 0 fully saturated rings. The van der Waals surface area contributed by atoms with Gasteiger partial charge >= 0.3 is 6.36 Å². The molecule has 0 aliphatic carbocycles. The molecule has 0 bridgehead atoms. The second kappa shape index (κ2) is 8.03. The molecule has 0 aromatic heterocycles. The summed E-state index contributed by atoms with van der Waals surface area (Å²) in [5, 5.41) is 12.3. The van der Waals surface area contributed by atoms with E-state index in [1.807, 2.05) is 13.8 Å². The zero-order valence-corrected chi connectivity index (χ0v) is 12.5. The molecule has 2 N–H and O–H groups in total. The van der Waals surface area contributed by atoms with Crippen LogP contribution in [0.25, 0.3) is 0 Å². The van der Waals surface area contributed by atoms with Crippen molar-refractivity contribution in [3.8, 4) is 5.75 Å². The molecule has 4 nitrogen and oxygen atoms in total. The van der Waals surface area contributed by atoms with Crippen LogP contribution >= 0.6 is 0 Å². The number of aliphatic hydroxyl groups excluding tert-OH is 1. The first-order chi connectivity index (χ1) is 10.2. The number of nitrogens with one attached hydrogen (secondary N) is 1. The number of halogens is 3. The van der Waals surface area contributed by atoms with Crippen molar-refractivity contribution >= 4 is 5.91 Å². The molecule has 0 radical (unpaired) electrons. The van der Waals surface area contributed by atoms with E-state index in [2.05, 4.69) is 10.1 Å². The molecule has 0 heterocycles. The average Bonchev–Trinajstić information content (AvgIpc) is 2.42. The summed E-state index contributed by atoms with van der Waals surface area (Å²) in [5.41, 5.74) is 0.400. The van der Waals surface area contributed by atoms with Gasteiger partial charge in [-0.1, -0.05) is 32.4 Å². The number of carbonyl (C=O) groups is 1. The van der Waals surface area contributed by atoms with E-state index in [9.17, 15) is 23.1 Å². The fraction of sp³-hybridized carbons (Fsp3) is 0.533. The zero-order valence-electron chi connectivity index (χ0n) is 12.5. The number of aliphatic hydroxyl groups is 1. The number of alkyl halides is 3. The van der Waals surface area contributed by atoms with E-state index in [1.165, 1.54) is 18.2 Å². The summed E-state index contributed by atoms with van der Waals surface area (Å²) in [5.74, 6) is -0.673. The lowest BCUT2D eigenvalue weighted by Gasteiger charge is -2.17. The van der Waals surface area contributed by atoms with Gasteiger partial charge in [-0.15, -0.1) is 13.2 Å². The molecule has 0 aliphatic heterocycles. The molecule has 7 heteroatoms. The number of rotatable bonds is 7. The van der Waals surface area contributed by atoms with Crippen molar-refractivity contribution in [2.75, 3.05) is 6.54 Å². The standard InChI is InChI=1S/C15H20F3NO3/c1-3-10(2)13(20)9-19-14(21)8-11-5-4-6-12(7-11)22-15(16,17)18/h4-7,10,13,20H,3,8-9H2,1-2H3,(H,19,21). The van der Waals surface area contributed by atoms with Crippen LogP contribution in [0.3, 0.4) is 0 Å². The maximum atomic E-state index is 12.1. The second-order valence-corrected chi connectivity index (χ2v) is 5.13. The van der Waals surface area contributed by atoms with Crippen LogP contribution in [0.2, 0.25) is 0 Å². The van der Waals surface area contributed by atoms with Crippen LogP contribution in [-0.2, 0) is 11.2 Å².